The molecule has 1 aliphatic carbocycles. The fourth-order valence-electron chi connectivity index (χ4n) is 4.62. The second kappa shape index (κ2) is 12.2. The zero-order chi connectivity index (χ0) is 29.8. The van der Waals surface area contributed by atoms with Crippen molar-refractivity contribution >= 4 is 5.97 Å². The number of aliphatic hydroxyl groups is 1. The number of carboxylic acid groups (broad SMARTS) is 1. The van der Waals surface area contributed by atoms with Gasteiger partial charge in [0, 0.05) is 29.8 Å². The SMILES string of the molecule is C=C(/C=C1/CC(C)C(C(=O)O)/C1=C/C)OCc1cc(-c2cnc(OCCC(C)(C)O)cc2C(F)(F)F)ccc1F. The van der Waals surface area contributed by atoms with Crippen molar-refractivity contribution in [1.29, 1.82) is 0 Å². The van der Waals surface area contributed by atoms with Gasteiger partial charge in [-0.3, -0.25) is 4.79 Å². The van der Waals surface area contributed by atoms with Gasteiger partial charge in [-0.15, -0.1) is 0 Å². The summed E-state index contributed by atoms with van der Waals surface area (Å²) in [5.41, 5.74) is -0.809. The van der Waals surface area contributed by atoms with E-state index < -0.39 is 35.0 Å². The number of ether oxygens (including phenoxy) is 2. The lowest BCUT2D eigenvalue weighted by Gasteiger charge is -2.18. The highest BCUT2D eigenvalue weighted by Gasteiger charge is 2.37. The molecule has 1 heterocycles. The Morgan fingerprint density at radius 2 is 1.95 bits per heavy atom. The summed E-state index contributed by atoms with van der Waals surface area (Å²) in [4.78, 5) is 15.6. The third-order valence-corrected chi connectivity index (χ3v) is 6.65. The van der Waals surface area contributed by atoms with Crippen molar-refractivity contribution in [3.05, 3.63) is 83.0 Å². The van der Waals surface area contributed by atoms with Crippen LogP contribution >= 0.6 is 0 Å². The molecule has 2 aromatic rings. The largest absolute Gasteiger partial charge is 0.489 e. The van der Waals surface area contributed by atoms with Gasteiger partial charge >= 0.3 is 12.1 Å². The molecule has 1 aliphatic rings. The van der Waals surface area contributed by atoms with Crippen LogP contribution in [-0.4, -0.2) is 33.4 Å². The molecule has 1 aromatic heterocycles. The van der Waals surface area contributed by atoms with Gasteiger partial charge in [0.2, 0.25) is 5.88 Å². The summed E-state index contributed by atoms with van der Waals surface area (Å²) in [6.07, 6.45) is 0.320. The number of allylic oxidation sites excluding steroid dienone is 3. The number of aromatic nitrogens is 1. The molecule has 1 fully saturated rings. The smallest absolute Gasteiger partial charge is 0.417 e. The number of benzene rings is 1. The van der Waals surface area contributed by atoms with Crippen LogP contribution in [0.15, 0.2) is 66.1 Å². The number of aliphatic carboxylic acids is 1. The quantitative estimate of drug-likeness (QED) is 0.237. The normalized spacial score (nSPS) is 19.7. The van der Waals surface area contributed by atoms with E-state index in [9.17, 15) is 32.6 Å². The Balaban J connectivity index is 1.81. The van der Waals surface area contributed by atoms with Crippen LogP contribution in [0.25, 0.3) is 11.1 Å². The molecule has 6 nitrogen and oxygen atoms in total. The van der Waals surface area contributed by atoms with E-state index in [-0.39, 0.29) is 53.9 Å². The van der Waals surface area contributed by atoms with Crippen molar-refractivity contribution in [2.24, 2.45) is 11.8 Å². The minimum Gasteiger partial charge on any atom is -0.489 e. The number of hydrogen-bond acceptors (Lipinski definition) is 5. The van der Waals surface area contributed by atoms with Gasteiger partial charge in [0.15, 0.2) is 0 Å². The lowest BCUT2D eigenvalue weighted by molar-refractivity contribution is -0.141. The minimum atomic E-state index is -4.74. The average Bonchev–Trinajstić information content (AvgIpc) is 3.16. The second-order valence-corrected chi connectivity index (χ2v) is 10.4. The van der Waals surface area contributed by atoms with Crippen LogP contribution in [0.3, 0.4) is 0 Å². The number of rotatable bonds is 10. The van der Waals surface area contributed by atoms with Crippen molar-refractivity contribution in [1.82, 2.24) is 4.98 Å². The summed E-state index contributed by atoms with van der Waals surface area (Å²) in [6.45, 7) is 10.2. The number of alkyl halides is 3. The highest BCUT2D eigenvalue weighted by Crippen LogP contribution is 2.42. The molecule has 0 bridgehead atoms. The van der Waals surface area contributed by atoms with Gasteiger partial charge in [0.05, 0.1) is 23.7 Å². The first kappa shape index (κ1) is 30.9. The van der Waals surface area contributed by atoms with Crippen LogP contribution in [0.2, 0.25) is 0 Å². The molecule has 216 valence electrons. The summed E-state index contributed by atoms with van der Waals surface area (Å²) >= 11 is 0. The number of pyridine rings is 1. The number of carboxylic acids is 1. The maximum atomic E-state index is 14.6. The Kier molecular flexibility index (Phi) is 9.45. The molecule has 2 N–H and O–H groups in total. The second-order valence-electron chi connectivity index (χ2n) is 10.4. The van der Waals surface area contributed by atoms with Crippen molar-refractivity contribution in [3.8, 4) is 17.0 Å². The van der Waals surface area contributed by atoms with Crippen LogP contribution in [0, 0.1) is 17.7 Å². The van der Waals surface area contributed by atoms with E-state index in [4.69, 9.17) is 9.47 Å². The molecule has 1 aromatic carbocycles. The van der Waals surface area contributed by atoms with E-state index in [2.05, 4.69) is 11.6 Å². The van der Waals surface area contributed by atoms with Crippen LogP contribution in [0.1, 0.15) is 51.7 Å². The maximum absolute atomic E-state index is 14.6. The van der Waals surface area contributed by atoms with Gasteiger partial charge in [-0.1, -0.05) is 25.6 Å². The number of halogens is 4. The fraction of sp³-hybridized carbons (Fsp3) is 0.400. The highest BCUT2D eigenvalue weighted by atomic mass is 19.4. The average molecular weight is 564 g/mol. The lowest BCUT2D eigenvalue weighted by Crippen LogP contribution is -2.22. The number of nitrogens with zero attached hydrogens (tertiary/aromatic N) is 1. The Morgan fingerprint density at radius 3 is 2.55 bits per heavy atom. The van der Waals surface area contributed by atoms with Gasteiger partial charge in [-0.2, -0.15) is 13.2 Å². The van der Waals surface area contributed by atoms with Crippen molar-refractivity contribution < 1.29 is 42.0 Å². The van der Waals surface area contributed by atoms with E-state index in [0.29, 0.717) is 12.0 Å². The Labute approximate surface area is 230 Å². The monoisotopic (exact) mass is 563 g/mol. The number of hydrogen-bond donors (Lipinski definition) is 2. The minimum absolute atomic E-state index is 0.00476. The van der Waals surface area contributed by atoms with Gasteiger partial charge in [-0.25, -0.2) is 9.37 Å². The molecular weight excluding hydrogens is 530 g/mol. The summed E-state index contributed by atoms with van der Waals surface area (Å²) in [5.74, 6) is -2.44. The number of carbonyl (C=O) groups is 1. The standard InChI is InChI=1S/C30H33F4NO5/c1-6-22-20(11-17(2)27(22)28(36)37)12-18(3)40-16-21-13-19(7-8-25(21)31)23-15-35-26(14-24(23)30(32,33)34)39-10-9-29(4,5)38/h6-8,12-15,17,27,38H,3,9-11,16H2,1-2,4-5H3,(H,36,37)/b20-12-,22-6+. The van der Waals surface area contributed by atoms with Gasteiger partial charge in [0.1, 0.15) is 18.2 Å². The topological polar surface area (TPSA) is 88.9 Å². The van der Waals surface area contributed by atoms with Gasteiger partial charge in [-0.05, 0) is 68.0 Å². The third kappa shape index (κ3) is 7.71. The van der Waals surface area contributed by atoms with Crippen molar-refractivity contribution in [3.63, 3.8) is 0 Å². The summed E-state index contributed by atoms with van der Waals surface area (Å²) < 4.78 is 67.3. The Morgan fingerprint density at radius 1 is 1.25 bits per heavy atom. The fourth-order valence-corrected chi connectivity index (χ4v) is 4.62. The first-order valence-electron chi connectivity index (χ1n) is 12.7. The molecule has 0 amide bonds. The molecule has 0 radical (unpaired) electrons. The van der Waals surface area contributed by atoms with Crippen molar-refractivity contribution in [2.45, 2.75) is 58.9 Å². The Bertz CT molecular complexity index is 1320. The molecule has 3 rings (SSSR count). The summed E-state index contributed by atoms with van der Waals surface area (Å²) in [6, 6.07) is 4.31. The first-order chi connectivity index (χ1) is 18.6. The zero-order valence-corrected chi connectivity index (χ0v) is 22.8. The lowest BCUT2D eigenvalue weighted by atomic mass is 9.94. The molecule has 2 atom stereocenters. The maximum Gasteiger partial charge on any atom is 0.417 e. The summed E-state index contributed by atoms with van der Waals surface area (Å²) in [5, 5.41) is 19.3. The molecule has 2 unspecified atom stereocenters. The molecular formula is C30H33F4NO5. The predicted molar refractivity (Wildman–Crippen MR) is 142 cm³/mol. The van der Waals surface area contributed by atoms with E-state index in [1.165, 1.54) is 12.1 Å². The molecule has 40 heavy (non-hydrogen) atoms. The molecule has 10 heteroatoms. The van der Waals surface area contributed by atoms with Gasteiger partial charge < -0.3 is 19.7 Å². The Hall–Kier alpha value is -3.66. The van der Waals surface area contributed by atoms with E-state index in [1.807, 2.05) is 6.92 Å². The highest BCUT2D eigenvalue weighted by molar-refractivity contribution is 5.77. The van der Waals surface area contributed by atoms with Gasteiger partial charge in [0.25, 0.3) is 0 Å². The summed E-state index contributed by atoms with van der Waals surface area (Å²) in [7, 11) is 0. The molecule has 1 saturated carbocycles. The molecule has 0 saturated heterocycles. The van der Waals surface area contributed by atoms with Crippen LogP contribution in [0.5, 0.6) is 5.88 Å². The van der Waals surface area contributed by atoms with Crippen LogP contribution in [-0.2, 0) is 22.3 Å². The van der Waals surface area contributed by atoms with E-state index in [1.54, 1.807) is 32.9 Å². The van der Waals surface area contributed by atoms with E-state index in [0.717, 1.165) is 23.9 Å². The zero-order valence-electron chi connectivity index (χ0n) is 22.8. The van der Waals surface area contributed by atoms with Crippen LogP contribution in [0.4, 0.5) is 17.6 Å². The van der Waals surface area contributed by atoms with Crippen LogP contribution < -0.4 is 4.74 Å². The molecule has 0 aliphatic heterocycles. The molecule has 0 spiro atoms. The first-order valence-corrected chi connectivity index (χ1v) is 12.7. The van der Waals surface area contributed by atoms with E-state index >= 15 is 0 Å². The predicted octanol–water partition coefficient (Wildman–Crippen LogP) is 7.09. The van der Waals surface area contributed by atoms with Crippen molar-refractivity contribution in [2.75, 3.05) is 6.61 Å². The third-order valence-electron chi connectivity index (χ3n) is 6.65.